The molecule has 1 aliphatic carbocycles. The third-order valence-corrected chi connectivity index (χ3v) is 9.80. The van der Waals surface area contributed by atoms with Gasteiger partial charge in [-0.3, -0.25) is 4.98 Å². The maximum absolute atomic E-state index is 4.61. The SMILES string of the molecule is CC1(C)c2ccccc2-c2c(Sc3c4ccccc4c(-c4ccc5ccccc5c4)c4cnccc34)cccc21. The second kappa shape index (κ2) is 8.81. The van der Waals surface area contributed by atoms with Gasteiger partial charge in [-0.25, -0.2) is 0 Å². The molecule has 0 atom stereocenters. The number of benzene rings is 6. The molecule has 0 amide bonds. The third-order valence-electron chi connectivity index (χ3n) is 8.60. The number of pyridine rings is 1. The Kier molecular flexibility index (Phi) is 5.17. The normalized spacial score (nSPS) is 13.6. The van der Waals surface area contributed by atoms with Crippen molar-refractivity contribution < 1.29 is 0 Å². The molecule has 40 heavy (non-hydrogen) atoms. The number of hydrogen-bond donors (Lipinski definition) is 0. The van der Waals surface area contributed by atoms with E-state index in [4.69, 9.17) is 0 Å². The molecule has 0 saturated carbocycles. The largest absolute Gasteiger partial charge is 0.264 e. The van der Waals surface area contributed by atoms with Gasteiger partial charge < -0.3 is 0 Å². The highest BCUT2D eigenvalue weighted by atomic mass is 32.2. The predicted octanol–water partition coefficient (Wildman–Crippen LogP) is 10.7. The summed E-state index contributed by atoms with van der Waals surface area (Å²) in [4.78, 5) is 7.20. The summed E-state index contributed by atoms with van der Waals surface area (Å²) in [6, 6.07) is 42.2. The molecule has 8 rings (SSSR count). The first-order valence-electron chi connectivity index (χ1n) is 13.8. The Morgan fingerprint density at radius 2 is 1.30 bits per heavy atom. The Labute approximate surface area is 238 Å². The first kappa shape index (κ1) is 23.5. The second-order valence-electron chi connectivity index (χ2n) is 11.2. The maximum atomic E-state index is 4.61. The third kappa shape index (κ3) is 3.39. The van der Waals surface area contributed by atoms with Crippen molar-refractivity contribution in [2.45, 2.75) is 29.1 Å². The smallest absolute Gasteiger partial charge is 0.0353 e. The quantitative estimate of drug-likeness (QED) is 0.211. The van der Waals surface area contributed by atoms with Crippen LogP contribution in [-0.2, 0) is 5.41 Å². The molecule has 0 N–H and O–H groups in total. The van der Waals surface area contributed by atoms with Gasteiger partial charge in [-0.15, -0.1) is 0 Å². The molecule has 0 saturated heterocycles. The minimum absolute atomic E-state index is 0.0174. The minimum atomic E-state index is -0.0174. The van der Waals surface area contributed by atoms with Crippen molar-refractivity contribution in [3.63, 3.8) is 0 Å². The van der Waals surface area contributed by atoms with E-state index >= 15 is 0 Å². The molecule has 0 spiro atoms. The molecule has 1 heterocycles. The van der Waals surface area contributed by atoms with Gasteiger partial charge in [0.2, 0.25) is 0 Å². The van der Waals surface area contributed by atoms with Crippen molar-refractivity contribution >= 4 is 44.1 Å². The molecule has 2 heteroatoms. The summed E-state index contributed by atoms with van der Waals surface area (Å²) in [6.07, 6.45) is 3.98. The molecule has 7 aromatic rings. The summed E-state index contributed by atoms with van der Waals surface area (Å²) in [5.74, 6) is 0. The Bertz CT molecular complexity index is 2060. The lowest BCUT2D eigenvalue weighted by molar-refractivity contribution is 0.659. The zero-order chi connectivity index (χ0) is 26.8. The molecule has 1 aliphatic rings. The van der Waals surface area contributed by atoms with Crippen LogP contribution in [0.2, 0.25) is 0 Å². The summed E-state index contributed by atoms with van der Waals surface area (Å²) >= 11 is 1.89. The van der Waals surface area contributed by atoms with Crippen LogP contribution in [0.3, 0.4) is 0 Å². The van der Waals surface area contributed by atoms with Gasteiger partial charge in [-0.05, 0) is 78.5 Å². The average molecular weight is 530 g/mol. The maximum Gasteiger partial charge on any atom is 0.0353 e. The Hall–Kier alpha value is -4.40. The monoisotopic (exact) mass is 529 g/mol. The van der Waals surface area contributed by atoms with Gasteiger partial charge in [-0.1, -0.05) is 123 Å². The van der Waals surface area contributed by atoms with Crippen LogP contribution in [-0.4, -0.2) is 4.98 Å². The van der Waals surface area contributed by atoms with Crippen molar-refractivity contribution in [3.05, 3.63) is 139 Å². The van der Waals surface area contributed by atoms with E-state index in [1.165, 1.54) is 75.5 Å². The highest BCUT2D eigenvalue weighted by Gasteiger charge is 2.36. The lowest BCUT2D eigenvalue weighted by Crippen LogP contribution is -2.14. The molecule has 0 fully saturated rings. The zero-order valence-corrected chi connectivity index (χ0v) is 23.3. The van der Waals surface area contributed by atoms with E-state index < -0.39 is 0 Å². The summed E-state index contributed by atoms with van der Waals surface area (Å²) in [5.41, 5.74) is 7.99. The number of fused-ring (bicyclic) bond motifs is 6. The molecule has 1 aromatic heterocycles. The van der Waals surface area contributed by atoms with Gasteiger partial charge in [0, 0.05) is 33.0 Å². The van der Waals surface area contributed by atoms with Crippen LogP contribution in [0.15, 0.2) is 137 Å². The highest BCUT2D eigenvalue weighted by molar-refractivity contribution is 8.00. The first-order valence-corrected chi connectivity index (χ1v) is 14.6. The minimum Gasteiger partial charge on any atom is -0.264 e. The van der Waals surface area contributed by atoms with E-state index in [9.17, 15) is 0 Å². The molecular weight excluding hydrogens is 502 g/mol. The van der Waals surface area contributed by atoms with Crippen LogP contribution in [0.4, 0.5) is 0 Å². The van der Waals surface area contributed by atoms with Crippen molar-refractivity contribution in [2.24, 2.45) is 0 Å². The molecule has 190 valence electrons. The summed E-state index contributed by atoms with van der Waals surface area (Å²) in [6.45, 7) is 4.70. The highest BCUT2D eigenvalue weighted by Crippen LogP contribution is 2.54. The molecule has 0 unspecified atom stereocenters. The number of rotatable bonds is 3. The fourth-order valence-corrected chi connectivity index (χ4v) is 7.93. The molecule has 0 radical (unpaired) electrons. The fraction of sp³-hybridized carbons (Fsp3) is 0.0789. The molecule has 0 aliphatic heterocycles. The van der Waals surface area contributed by atoms with Crippen LogP contribution >= 0.6 is 11.8 Å². The van der Waals surface area contributed by atoms with Gasteiger partial charge in [0.1, 0.15) is 0 Å². The van der Waals surface area contributed by atoms with E-state index in [0.29, 0.717) is 0 Å². The fourth-order valence-electron chi connectivity index (χ4n) is 6.66. The van der Waals surface area contributed by atoms with E-state index in [0.717, 1.165) is 0 Å². The Morgan fingerprint density at radius 1 is 0.575 bits per heavy atom. The zero-order valence-electron chi connectivity index (χ0n) is 22.5. The number of hydrogen-bond acceptors (Lipinski definition) is 2. The van der Waals surface area contributed by atoms with Gasteiger partial charge in [0.25, 0.3) is 0 Å². The van der Waals surface area contributed by atoms with Crippen LogP contribution < -0.4 is 0 Å². The summed E-state index contributed by atoms with van der Waals surface area (Å²) in [7, 11) is 0. The molecule has 0 bridgehead atoms. The van der Waals surface area contributed by atoms with E-state index in [1.807, 2.05) is 24.2 Å². The van der Waals surface area contributed by atoms with Crippen LogP contribution in [0.1, 0.15) is 25.0 Å². The van der Waals surface area contributed by atoms with E-state index in [1.54, 1.807) is 0 Å². The van der Waals surface area contributed by atoms with Crippen LogP contribution in [0.5, 0.6) is 0 Å². The standard InChI is InChI=1S/C38H27NS/c1-38(2)32-15-8-7-14-30(32)36-33(38)16-9-17-34(36)40-37-28-13-6-5-12-27(28)35(31-23-39-21-20-29(31)37)26-19-18-24-10-3-4-11-25(24)22-26/h3-23H,1-2H3. The van der Waals surface area contributed by atoms with E-state index in [-0.39, 0.29) is 5.41 Å². The van der Waals surface area contributed by atoms with E-state index in [2.05, 4.69) is 134 Å². The van der Waals surface area contributed by atoms with Crippen molar-refractivity contribution in [1.29, 1.82) is 0 Å². The van der Waals surface area contributed by atoms with Crippen molar-refractivity contribution in [2.75, 3.05) is 0 Å². The Morgan fingerprint density at radius 3 is 2.20 bits per heavy atom. The van der Waals surface area contributed by atoms with Crippen LogP contribution in [0.25, 0.3) is 54.6 Å². The van der Waals surface area contributed by atoms with Crippen molar-refractivity contribution in [1.82, 2.24) is 4.98 Å². The first-order chi connectivity index (χ1) is 19.6. The lowest BCUT2D eigenvalue weighted by atomic mass is 9.82. The number of nitrogens with zero attached hydrogens (tertiary/aromatic N) is 1. The molecular formula is C38H27NS. The molecule has 6 aromatic carbocycles. The van der Waals surface area contributed by atoms with Crippen LogP contribution in [0, 0.1) is 0 Å². The van der Waals surface area contributed by atoms with Gasteiger partial charge >= 0.3 is 0 Å². The Balaban J connectivity index is 1.40. The summed E-state index contributed by atoms with van der Waals surface area (Å²) < 4.78 is 0. The van der Waals surface area contributed by atoms with Gasteiger partial charge in [-0.2, -0.15) is 0 Å². The second-order valence-corrected chi connectivity index (χ2v) is 12.2. The molecule has 1 nitrogen and oxygen atoms in total. The predicted molar refractivity (Wildman–Crippen MR) is 170 cm³/mol. The topological polar surface area (TPSA) is 12.9 Å². The van der Waals surface area contributed by atoms with Crippen molar-refractivity contribution in [3.8, 4) is 22.3 Å². The van der Waals surface area contributed by atoms with Gasteiger partial charge in [0.15, 0.2) is 0 Å². The lowest BCUT2D eigenvalue weighted by Gasteiger charge is -2.21. The summed E-state index contributed by atoms with van der Waals surface area (Å²) in [5, 5.41) is 7.47. The van der Waals surface area contributed by atoms with Gasteiger partial charge in [0.05, 0.1) is 0 Å². The average Bonchev–Trinajstić information content (AvgIpc) is 3.24. The number of aromatic nitrogens is 1.